The summed E-state index contributed by atoms with van der Waals surface area (Å²) >= 11 is 0. The zero-order valence-electron chi connectivity index (χ0n) is 10.0. The molecule has 0 unspecified atom stereocenters. The predicted octanol–water partition coefficient (Wildman–Crippen LogP) is 1.90. The van der Waals surface area contributed by atoms with Gasteiger partial charge in [-0.15, -0.1) is 0 Å². The Morgan fingerprint density at radius 1 is 1.29 bits per heavy atom. The van der Waals surface area contributed by atoms with E-state index in [9.17, 15) is 9.59 Å². The van der Waals surface area contributed by atoms with Crippen LogP contribution in [0.25, 0.3) is 0 Å². The average Bonchev–Trinajstić information content (AvgIpc) is 2.28. The molecule has 0 aromatic carbocycles. The summed E-state index contributed by atoms with van der Waals surface area (Å²) in [6.07, 6.45) is 5.43. The molecule has 0 spiro atoms. The van der Waals surface area contributed by atoms with E-state index in [2.05, 4.69) is 11.9 Å². The second kappa shape index (κ2) is 4.73. The number of aromatic nitrogens is 1. The summed E-state index contributed by atoms with van der Waals surface area (Å²) in [5.41, 5.74) is 2.31. The normalized spacial score (nSPS) is 14.4. The van der Waals surface area contributed by atoms with E-state index in [1.165, 1.54) is 0 Å². The molecular formula is C13H17NO3. The van der Waals surface area contributed by atoms with E-state index in [1.54, 1.807) is 0 Å². The first kappa shape index (κ1) is 11.9. The Kier molecular flexibility index (Phi) is 3.31. The van der Waals surface area contributed by atoms with Crippen LogP contribution in [0, 0.1) is 0 Å². The van der Waals surface area contributed by atoms with Crippen molar-refractivity contribution in [3.8, 4) is 0 Å². The van der Waals surface area contributed by atoms with Crippen LogP contribution in [0.2, 0.25) is 0 Å². The molecule has 1 heterocycles. The number of carbonyl (C=O) groups is 1. The first-order chi connectivity index (χ1) is 8.15. The zero-order chi connectivity index (χ0) is 12.4. The number of aromatic carboxylic acids is 1. The van der Waals surface area contributed by atoms with E-state index in [0.717, 1.165) is 55.3 Å². The number of carboxylic acid groups (broad SMARTS) is 1. The summed E-state index contributed by atoms with van der Waals surface area (Å²) in [5, 5.41) is 9.12. The summed E-state index contributed by atoms with van der Waals surface area (Å²) < 4.78 is 0. The molecule has 0 radical (unpaired) electrons. The monoisotopic (exact) mass is 235 g/mol. The number of aromatic amines is 1. The minimum absolute atomic E-state index is 0.0421. The highest BCUT2D eigenvalue weighted by molar-refractivity contribution is 5.89. The first-order valence-electron chi connectivity index (χ1n) is 6.15. The fourth-order valence-corrected chi connectivity index (χ4v) is 2.62. The third-order valence-corrected chi connectivity index (χ3v) is 3.34. The van der Waals surface area contributed by atoms with Crippen molar-refractivity contribution in [2.75, 3.05) is 0 Å². The number of H-pyrrole nitrogens is 1. The van der Waals surface area contributed by atoms with Gasteiger partial charge in [-0.25, -0.2) is 4.79 Å². The summed E-state index contributed by atoms with van der Waals surface area (Å²) in [6, 6.07) is 0. The lowest BCUT2D eigenvalue weighted by Crippen LogP contribution is -2.26. The highest BCUT2D eigenvalue weighted by Crippen LogP contribution is 2.25. The van der Waals surface area contributed by atoms with Gasteiger partial charge in [0.05, 0.1) is 0 Å². The molecule has 0 bridgehead atoms. The maximum atomic E-state index is 11.8. The van der Waals surface area contributed by atoms with E-state index >= 15 is 0 Å². The number of carboxylic acids is 1. The summed E-state index contributed by atoms with van der Waals surface area (Å²) in [7, 11) is 0. The van der Waals surface area contributed by atoms with Gasteiger partial charge in [-0.3, -0.25) is 4.79 Å². The van der Waals surface area contributed by atoms with Crippen molar-refractivity contribution in [1.29, 1.82) is 0 Å². The van der Waals surface area contributed by atoms with Crippen LogP contribution in [-0.2, 0) is 19.3 Å². The Labute approximate surface area is 99.7 Å². The van der Waals surface area contributed by atoms with Gasteiger partial charge in [-0.2, -0.15) is 0 Å². The van der Waals surface area contributed by atoms with Gasteiger partial charge in [0.2, 0.25) is 0 Å². The first-order valence-corrected chi connectivity index (χ1v) is 6.15. The van der Waals surface area contributed by atoms with Gasteiger partial charge in [0.15, 0.2) is 0 Å². The smallest absolute Gasteiger partial charge is 0.341 e. The number of nitrogens with one attached hydrogen (secondary N) is 1. The minimum atomic E-state index is -1.10. The van der Waals surface area contributed by atoms with Crippen molar-refractivity contribution in [2.45, 2.75) is 45.4 Å². The molecule has 0 atom stereocenters. The maximum absolute atomic E-state index is 11.8. The lowest BCUT2D eigenvalue weighted by Gasteiger charge is -2.20. The summed E-state index contributed by atoms with van der Waals surface area (Å²) in [4.78, 5) is 25.7. The van der Waals surface area contributed by atoms with Crippen LogP contribution in [0.3, 0.4) is 0 Å². The van der Waals surface area contributed by atoms with Gasteiger partial charge >= 0.3 is 5.97 Å². The zero-order valence-corrected chi connectivity index (χ0v) is 10.0. The quantitative estimate of drug-likeness (QED) is 0.840. The van der Waals surface area contributed by atoms with Crippen LogP contribution >= 0.6 is 0 Å². The van der Waals surface area contributed by atoms with Crippen molar-refractivity contribution >= 4 is 5.97 Å². The van der Waals surface area contributed by atoms with E-state index in [4.69, 9.17) is 5.11 Å². The lowest BCUT2D eigenvalue weighted by molar-refractivity contribution is 0.0693. The maximum Gasteiger partial charge on any atom is 0.341 e. The Morgan fingerprint density at radius 2 is 1.94 bits per heavy atom. The van der Waals surface area contributed by atoms with Crippen LogP contribution in [0.5, 0.6) is 0 Å². The molecule has 0 amide bonds. The third-order valence-electron chi connectivity index (χ3n) is 3.34. The molecule has 1 aromatic rings. The molecule has 1 aliphatic carbocycles. The molecule has 0 saturated heterocycles. The fraction of sp³-hybridized carbons (Fsp3) is 0.538. The van der Waals surface area contributed by atoms with E-state index in [0.29, 0.717) is 0 Å². The van der Waals surface area contributed by atoms with Gasteiger partial charge in [-0.1, -0.05) is 13.3 Å². The van der Waals surface area contributed by atoms with Crippen molar-refractivity contribution in [3.63, 3.8) is 0 Å². The minimum Gasteiger partial charge on any atom is -0.477 e. The molecule has 4 heteroatoms. The molecule has 0 saturated carbocycles. The number of hydrogen-bond donors (Lipinski definition) is 2. The summed E-state index contributed by atoms with van der Waals surface area (Å²) in [5.74, 6) is -1.10. The van der Waals surface area contributed by atoms with Gasteiger partial charge in [0.25, 0.3) is 5.56 Å². The van der Waals surface area contributed by atoms with E-state index in [-0.39, 0.29) is 5.56 Å². The molecule has 92 valence electrons. The average molecular weight is 235 g/mol. The molecule has 17 heavy (non-hydrogen) atoms. The van der Waals surface area contributed by atoms with Crippen LogP contribution in [0.15, 0.2) is 4.79 Å². The Bertz CT molecular complexity index is 502. The topological polar surface area (TPSA) is 70.2 Å². The van der Waals surface area contributed by atoms with E-state index < -0.39 is 11.5 Å². The number of aryl methyl sites for hydroxylation is 1. The molecule has 2 N–H and O–H groups in total. The second-order valence-corrected chi connectivity index (χ2v) is 4.53. The molecule has 1 aliphatic rings. The second-order valence-electron chi connectivity index (χ2n) is 4.53. The summed E-state index contributed by atoms with van der Waals surface area (Å²) in [6.45, 7) is 2.05. The van der Waals surface area contributed by atoms with Crippen LogP contribution < -0.4 is 5.56 Å². The Morgan fingerprint density at radius 3 is 2.53 bits per heavy atom. The van der Waals surface area contributed by atoms with Crippen LogP contribution in [-0.4, -0.2) is 16.1 Å². The molecule has 0 fully saturated rings. The molecule has 1 aromatic heterocycles. The van der Waals surface area contributed by atoms with E-state index in [1.807, 2.05) is 0 Å². The van der Waals surface area contributed by atoms with Crippen LogP contribution in [0.1, 0.15) is 53.4 Å². The highest BCUT2D eigenvalue weighted by atomic mass is 16.4. The lowest BCUT2D eigenvalue weighted by atomic mass is 9.87. The van der Waals surface area contributed by atoms with Crippen LogP contribution in [0.4, 0.5) is 0 Å². The van der Waals surface area contributed by atoms with Gasteiger partial charge in [-0.05, 0) is 43.2 Å². The number of pyridine rings is 1. The number of fused-ring (bicyclic) bond motifs is 1. The molecule has 2 rings (SSSR count). The largest absolute Gasteiger partial charge is 0.477 e. The molecule has 4 nitrogen and oxygen atoms in total. The number of rotatable bonds is 3. The van der Waals surface area contributed by atoms with Gasteiger partial charge in [0, 0.05) is 5.69 Å². The molecule has 0 aliphatic heterocycles. The van der Waals surface area contributed by atoms with Gasteiger partial charge < -0.3 is 10.1 Å². The highest BCUT2D eigenvalue weighted by Gasteiger charge is 2.23. The Balaban J connectivity index is 2.65. The van der Waals surface area contributed by atoms with Crippen molar-refractivity contribution in [1.82, 2.24) is 4.98 Å². The van der Waals surface area contributed by atoms with Crippen molar-refractivity contribution in [2.24, 2.45) is 0 Å². The fourth-order valence-electron chi connectivity index (χ4n) is 2.62. The number of hydrogen-bond acceptors (Lipinski definition) is 2. The standard InChI is InChI=1S/C13H17NO3/c1-2-5-10-8-6-3-4-7-9(8)11(13(16)17)12(15)14-10/h2-7H2,1H3,(H,14,15)(H,16,17). The van der Waals surface area contributed by atoms with Crippen molar-refractivity contribution in [3.05, 3.63) is 32.7 Å². The SMILES string of the molecule is CCCc1[nH]c(=O)c(C(=O)O)c2c1CCCC2. The predicted molar refractivity (Wildman–Crippen MR) is 64.7 cm³/mol. The van der Waals surface area contributed by atoms with Crippen molar-refractivity contribution < 1.29 is 9.90 Å². The van der Waals surface area contributed by atoms with Gasteiger partial charge in [0.1, 0.15) is 5.56 Å². The molecular weight excluding hydrogens is 218 g/mol. The third kappa shape index (κ3) is 2.12. The Hall–Kier alpha value is -1.58.